The van der Waals surface area contributed by atoms with Gasteiger partial charge in [-0.1, -0.05) is 36.4 Å². The maximum Gasteiger partial charge on any atom is 1.00 e. The molecule has 0 fully saturated rings. The summed E-state index contributed by atoms with van der Waals surface area (Å²) in [6.45, 7) is 0. The van der Waals surface area contributed by atoms with E-state index in [1.165, 1.54) is 0 Å². The van der Waals surface area contributed by atoms with Crippen LogP contribution in [0.1, 0.15) is 0 Å². The fourth-order valence-corrected chi connectivity index (χ4v) is 2.14. The van der Waals surface area contributed by atoms with E-state index in [4.69, 9.17) is 9.92 Å². The van der Waals surface area contributed by atoms with Gasteiger partial charge in [0, 0.05) is 16.8 Å². The third-order valence-electron chi connectivity index (χ3n) is 2.38. The van der Waals surface area contributed by atoms with Crippen molar-refractivity contribution in [2.24, 2.45) is 0 Å². The van der Waals surface area contributed by atoms with Gasteiger partial charge < -0.3 is 9.92 Å². The van der Waals surface area contributed by atoms with E-state index in [-0.39, 0.29) is 26.2 Å². The van der Waals surface area contributed by atoms with Crippen molar-refractivity contribution in [1.82, 2.24) is 0 Å². The second-order valence-corrected chi connectivity index (χ2v) is 5.45. The average Bonchev–Trinajstić information content (AvgIpc) is 2.29. The molecule has 0 bridgehead atoms. The second kappa shape index (κ2) is 6.20. The van der Waals surface area contributed by atoms with Crippen LogP contribution < -0.4 is 9.92 Å². The molecule has 0 aliphatic rings. The molecule has 0 spiro atoms. The fourth-order valence-electron chi connectivity index (χ4n) is 1.67. The predicted molar refractivity (Wildman–Crippen MR) is 71.8 cm³/mol. The monoisotopic (exact) mass is 369 g/mol. The van der Waals surface area contributed by atoms with Gasteiger partial charge in [0.15, 0.2) is 0 Å². The Balaban J connectivity index is 0.00000180. The molecule has 0 aromatic heterocycles. The van der Waals surface area contributed by atoms with Crippen molar-refractivity contribution in [2.75, 3.05) is 12.0 Å². The summed E-state index contributed by atoms with van der Waals surface area (Å²) in [5.74, 6) is 0.276. The quantitative estimate of drug-likeness (QED) is 0.512. The van der Waals surface area contributed by atoms with E-state index in [9.17, 15) is 8.42 Å². The smallest absolute Gasteiger partial charge is 0.398 e. The first-order valence-corrected chi connectivity index (χ1v) is 7.12. The fraction of sp³-hybridized carbons (Fsp3) is 0.0769. The number of benzene rings is 2. The molecule has 0 unspecified atom stereocenters. The topological polar surface area (TPSA) is 69.4 Å². The third-order valence-corrected chi connectivity index (χ3v) is 2.86. The van der Waals surface area contributed by atoms with Crippen molar-refractivity contribution in [3.8, 4) is 16.9 Å². The van der Waals surface area contributed by atoms with Gasteiger partial charge >= 0.3 is 30.5 Å². The Morgan fingerprint density at radius 3 is 2.05 bits per heavy atom. The number of nitrogen functional groups attached to an aromatic ring is 1. The van der Waals surface area contributed by atoms with Gasteiger partial charge in [0.2, 0.25) is 0 Å². The maximum atomic E-state index is 11.2. The summed E-state index contributed by atoms with van der Waals surface area (Å²) in [5, 5.41) is 0. The Kier molecular flexibility index (Phi) is 5.13. The number of nitrogens with two attached hydrogens (primary N) is 1. The van der Waals surface area contributed by atoms with Crippen molar-refractivity contribution in [3.05, 3.63) is 48.5 Å². The van der Waals surface area contributed by atoms with Crippen LogP contribution in [-0.4, -0.2) is 14.7 Å². The van der Waals surface area contributed by atoms with E-state index < -0.39 is 10.1 Å². The van der Waals surface area contributed by atoms with Crippen molar-refractivity contribution in [3.63, 3.8) is 0 Å². The van der Waals surface area contributed by atoms with Crippen LogP contribution in [0.4, 0.5) is 5.69 Å². The summed E-state index contributed by atoms with van der Waals surface area (Å²) < 4.78 is 27.4. The zero-order chi connectivity index (χ0) is 13.2. The summed E-state index contributed by atoms with van der Waals surface area (Å²) in [4.78, 5) is 0. The minimum atomic E-state index is -3.56. The van der Waals surface area contributed by atoms with Crippen LogP contribution in [0.2, 0.25) is 0 Å². The SMILES string of the molecule is CS(=O)(=O)Oc1ccccc1-c1ccccc1N.[Pd+]. The van der Waals surface area contributed by atoms with Gasteiger partial charge in [-0.2, -0.15) is 8.42 Å². The normalized spacial score (nSPS) is 10.6. The summed E-state index contributed by atoms with van der Waals surface area (Å²) in [6, 6.07) is 14.1. The van der Waals surface area contributed by atoms with E-state index in [0.717, 1.165) is 11.8 Å². The molecule has 0 amide bonds. The number of anilines is 1. The minimum Gasteiger partial charge on any atom is -0.398 e. The minimum absolute atomic E-state index is 0. The molecule has 0 atom stereocenters. The first kappa shape index (κ1) is 15.7. The number of hydrogen-bond donors (Lipinski definition) is 1. The zero-order valence-corrected chi connectivity index (χ0v) is 12.5. The molecule has 2 N–H and O–H groups in total. The van der Waals surface area contributed by atoms with Crippen LogP contribution >= 0.6 is 0 Å². The van der Waals surface area contributed by atoms with Gasteiger partial charge in [0.1, 0.15) is 5.75 Å². The molecule has 1 radical (unpaired) electrons. The summed E-state index contributed by atoms with van der Waals surface area (Å²) in [6.07, 6.45) is 1.01. The third kappa shape index (κ3) is 4.07. The van der Waals surface area contributed by atoms with Crippen molar-refractivity contribution in [2.45, 2.75) is 0 Å². The van der Waals surface area contributed by atoms with E-state index >= 15 is 0 Å². The van der Waals surface area contributed by atoms with E-state index in [0.29, 0.717) is 11.3 Å². The van der Waals surface area contributed by atoms with Crippen LogP contribution in [0.25, 0.3) is 11.1 Å². The molecule has 0 aliphatic carbocycles. The molecule has 4 nitrogen and oxygen atoms in total. The zero-order valence-electron chi connectivity index (χ0n) is 10.1. The van der Waals surface area contributed by atoms with Gasteiger partial charge in [-0.25, -0.2) is 0 Å². The van der Waals surface area contributed by atoms with Gasteiger partial charge in [0.25, 0.3) is 0 Å². The Morgan fingerprint density at radius 2 is 1.47 bits per heavy atom. The molecule has 2 aromatic carbocycles. The van der Waals surface area contributed by atoms with Crippen molar-refractivity contribution >= 4 is 15.8 Å². The average molecular weight is 370 g/mol. The van der Waals surface area contributed by atoms with Crippen LogP contribution in [0.3, 0.4) is 0 Å². The van der Waals surface area contributed by atoms with E-state index in [1.54, 1.807) is 30.3 Å². The van der Waals surface area contributed by atoms with Crippen molar-refractivity contribution in [1.29, 1.82) is 0 Å². The molecule has 0 aliphatic heterocycles. The van der Waals surface area contributed by atoms with Crippen LogP contribution in [0.15, 0.2) is 48.5 Å². The number of rotatable bonds is 3. The van der Waals surface area contributed by atoms with E-state index in [2.05, 4.69) is 0 Å². The Labute approximate surface area is 126 Å². The first-order chi connectivity index (χ1) is 8.47. The van der Waals surface area contributed by atoms with Gasteiger partial charge in [-0.15, -0.1) is 0 Å². The number of hydrogen-bond acceptors (Lipinski definition) is 4. The van der Waals surface area contributed by atoms with E-state index in [1.807, 2.05) is 18.2 Å². The summed E-state index contributed by atoms with van der Waals surface area (Å²) in [7, 11) is -3.56. The Hall–Kier alpha value is -1.35. The summed E-state index contributed by atoms with van der Waals surface area (Å²) in [5.41, 5.74) is 7.85. The predicted octanol–water partition coefficient (Wildman–Crippen LogP) is 2.27. The van der Waals surface area contributed by atoms with Crippen LogP contribution in [-0.2, 0) is 30.5 Å². The summed E-state index contributed by atoms with van der Waals surface area (Å²) >= 11 is 0. The molecule has 0 saturated heterocycles. The molecule has 6 heteroatoms. The molecule has 103 valence electrons. The maximum absolute atomic E-state index is 11.2. The van der Waals surface area contributed by atoms with Crippen molar-refractivity contribution < 1.29 is 33.0 Å². The molecule has 0 heterocycles. The standard InChI is InChI=1S/C13H13NO3S.Pd/c1-18(15,16)17-13-9-5-3-7-11(13)10-6-2-4-8-12(10)14;/h2-9H,14H2,1H3;/q;+1. The Bertz CT molecular complexity index is 671. The molecule has 2 aromatic rings. The molecule has 19 heavy (non-hydrogen) atoms. The Morgan fingerprint density at radius 1 is 0.947 bits per heavy atom. The van der Waals surface area contributed by atoms with Gasteiger partial charge in [0.05, 0.1) is 6.26 Å². The van der Waals surface area contributed by atoms with Gasteiger partial charge in [-0.05, 0) is 12.1 Å². The number of para-hydroxylation sites is 2. The molecule has 2 rings (SSSR count). The first-order valence-electron chi connectivity index (χ1n) is 5.31. The van der Waals surface area contributed by atoms with Crippen LogP contribution in [0.5, 0.6) is 5.75 Å². The van der Waals surface area contributed by atoms with Crippen LogP contribution in [0, 0.1) is 0 Å². The largest absolute Gasteiger partial charge is 1.00 e. The second-order valence-electron chi connectivity index (χ2n) is 3.87. The molecular weight excluding hydrogens is 357 g/mol. The van der Waals surface area contributed by atoms with Gasteiger partial charge in [-0.3, -0.25) is 0 Å². The molecule has 0 saturated carbocycles. The molecular formula is C13H13NO3PdS+.